The summed E-state index contributed by atoms with van der Waals surface area (Å²) in [6.45, 7) is 3.75. The van der Waals surface area contributed by atoms with Gasteiger partial charge in [0.1, 0.15) is 5.66 Å². The van der Waals surface area contributed by atoms with Gasteiger partial charge in [-0.1, -0.05) is 96.8 Å². The van der Waals surface area contributed by atoms with E-state index in [1.54, 1.807) is 0 Å². The Balaban J connectivity index is 3.15. The lowest BCUT2D eigenvalue weighted by Gasteiger charge is -2.20. The van der Waals surface area contributed by atoms with E-state index < -0.39 is 5.66 Å². The number of unbranched alkanes of at least 4 members (excludes halogenated alkanes) is 14. The van der Waals surface area contributed by atoms with Crippen LogP contribution in [0.15, 0.2) is 0 Å². The molecule has 0 atom stereocenters. The smallest absolute Gasteiger partial charge is 0.163 e. The molecular weight excluding hydrogens is 284 g/mol. The van der Waals surface area contributed by atoms with Gasteiger partial charge in [-0.05, 0) is 19.8 Å². The Morgan fingerprint density at radius 1 is 0.652 bits per heavy atom. The highest BCUT2D eigenvalue weighted by Crippen LogP contribution is 2.14. The first-order chi connectivity index (χ1) is 11.0. The second-order valence-corrected chi connectivity index (χ2v) is 7.30. The molecule has 0 aliphatic heterocycles. The van der Waals surface area contributed by atoms with Gasteiger partial charge in [-0.3, -0.25) is 4.79 Å². The van der Waals surface area contributed by atoms with E-state index in [1.807, 2.05) is 0 Å². The van der Waals surface area contributed by atoms with Gasteiger partial charge < -0.3 is 11.5 Å². The number of Topliss-reactive ketones (excluding diaryl/α,β-unsaturated/α-hetero) is 1. The van der Waals surface area contributed by atoms with Crippen LogP contribution in [0.25, 0.3) is 0 Å². The van der Waals surface area contributed by atoms with Crippen molar-refractivity contribution in [1.29, 1.82) is 0 Å². The molecule has 0 saturated carbocycles. The summed E-state index contributed by atoms with van der Waals surface area (Å²) in [5.74, 6) is -0.108. The molecule has 0 fully saturated rings. The van der Waals surface area contributed by atoms with Crippen molar-refractivity contribution in [3.05, 3.63) is 0 Å². The van der Waals surface area contributed by atoms with Crippen molar-refractivity contribution in [3.63, 3.8) is 0 Å². The highest BCUT2D eigenvalue weighted by molar-refractivity contribution is 5.84. The Kier molecular flexibility index (Phi) is 14.9. The van der Waals surface area contributed by atoms with Gasteiger partial charge in [0.25, 0.3) is 0 Å². The monoisotopic (exact) mass is 326 g/mol. The van der Waals surface area contributed by atoms with E-state index in [0.717, 1.165) is 12.8 Å². The Morgan fingerprint density at radius 3 is 1.26 bits per heavy atom. The van der Waals surface area contributed by atoms with Crippen LogP contribution in [0.2, 0.25) is 0 Å². The van der Waals surface area contributed by atoms with E-state index in [4.69, 9.17) is 11.5 Å². The fourth-order valence-corrected chi connectivity index (χ4v) is 2.96. The van der Waals surface area contributed by atoms with Gasteiger partial charge in [0.15, 0.2) is 5.78 Å². The maximum Gasteiger partial charge on any atom is 0.163 e. The third kappa shape index (κ3) is 14.9. The quantitative estimate of drug-likeness (QED) is 0.276. The maximum absolute atomic E-state index is 11.2. The van der Waals surface area contributed by atoms with Crippen molar-refractivity contribution in [2.24, 2.45) is 11.5 Å². The first-order valence-electron chi connectivity index (χ1n) is 10.1. The molecule has 0 heterocycles. The summed E-state index contributed by atoms with van der Waals surface area (Å²) < 4.78 is 0. The van der Waals surface area contributed by atoms with Gasteiger partial charge in [-0.2, -0.15) is 0 Å². The topological polar surface area (TPSA) is 69.1 Å². The van der Waals surface area contributed by atoms with E-state index in [0.29, 0.717) is 6.42 Å². The van der Waals surface area contributed by atoms with Crippen molar-refractivity contribution >= 4 is 5.78 Å². The van der Waals surface area contributed by atoms with Crippen LogP contribution in [-0.4, -0.2) is 11.4 Å². The van der Waals surface area contributed by atoms with Crippen LogP contribution in [0, 0.1) is 0 Å². The van der Waals surface area contributed by atoms with E-state index in [2.05, 4.69) is 6.92 Å². The summed E-state index contributed by atoms with van der Waals surface area (Å²) in [6.07, 6.45) is 20.7. The summed E-state index contributed by atoms with van der Waals surface area (Å²) in [5.41, 5.74) is 10.4. The van der Waals surface area contributed by atoms with E-state index in [-0.39, 0.29) is 5.78 Å². The number of carbonyl (C=O) groups is 1. The molecule has 0 aliphatic carbocycles. The summed E-state index contributed by atoms with van der Waals surface area (Å²) in [5, 5.41) is 0. The lowest BCUT2D eigenvalue weighted by Crippen LogP contribution is -2.55. The molecule has 0 unspecified atom stereocenters. The maximum atomic E-state index is 11.2. The van der Waals surface area contributed by atoms with Crippen molar-refractivity contribution in [3.8, 4) is 0 Å². The normalized spacial score (nSPS) is 11.8. The second-order valence-electron chi connectivity index (χ2n) is 7.30. The molecule has 3 heteroatoms. The lowest BCUT2D eigenvalue weighted by atomic mass is 9.98. The van der Waals surface area contributed by atoms with Crippen LogP contribution >= 0.6 is 0 Å². The Bertz CT molecular complexity index is 277. The van der Waals surface area contributed by atoms with Gasteiger partial charge >= 0.3 is 0 Å². The van der Waals surface area contributed by atoms with Crippen LogP contribution in [0.4, 0.5) is 0 Å². The van der Waals surface area contributed by atoms with Gasteiger partial charge in [0, 0.05) is 0 Å². The van der Waals surface area contributed by atoms with E-state index >= 15 is 0 Å². The number of ketones is 1. The summed E-state index contributed by atoms with van der Waals surface area (Å²) in [4.78, 5) is 11.2. The molecule has 0 aromatic rings. The molecule has 0 aromatic heterocycles. The average Bonchev–Trinajstić information content (AvgIpc) is 2.51. The number of hydrogen-bond donors (Lipinski definition) is 2. The zero-order valence-electron chi connectivity index (χ0n) is 15.9. The van der Waals surface area contributed by atoms with E-state index in [1.165, 1.54) is 90.4 Å². The summed E-state index contributed by atoms with van der Waals surface area (Å²) >= 11 is 0. The molecule has 0 spiro atoms. The SMILES string of the molecule is CCCCCCCCCCCCCCCCCC(N)(N)C(C)=O. The van der Waals surface area contributed by atoms with Crippen LogP contribution in [0.1, 0.15) is 117 Å². The van der Waals surface area contributed by atoms with Crippen molar-refractivity contribution in [2.45, 2.75) is 122 Å². The molecule has 4 N–H and O–H groups in total. The van der Waals surface area contributed by atoms with Crippen molar-refractivity contribution < 1.29 is 4.79 Å². The predicted molar refractivity (Wildman–Crippen MR) is 101 cm³/mol. The minimum atomic E-state index is -1.10. The molecule has 0 saturated heterocycles. The van der Waals surface area contributed by atoms with Gasteiger partial charge in [-0.15, -0.1) is 0 Å². The molecule has 3 nitrogen and oxygen atoms in total. The minimum absolute atomic E-state index is 0.108. The minimum Gasteiger partial charge on any atom is -0.307 e. The zero-order chi connectivity index (χ0) is 17.4. The number of hydrogen-bond acceptors (Lipinski definition) is 3. The highest BCUT2D eigenvalue weighted by Gasteiger charge is 2.23. The molecular formula is C20H42N2O. The predicted octanol–water partition coefficient (Wildman–Crippen LogP) is 5.45. The first kappa shape index (κ1) is 22.6. The average molecular weight is 327 g/mol. The molecule has 0 rings (SSSR count). The molecule has 138 valence electrons. The standard InChI is InChI=1S/C20H42N2O/c1-3-4-5-6-7-8-9-10-11-12-13-14-15-16-17-18-20(21,22)19(2)23/h3-18,21-22H2,1-2H3. The van der Waals surface area contributed by atoms with Crippen molar-refractivity contribution in [1.82, 2.24) is 0 Å². The molecule has 0 amide bonds. The summed E-state index contributed by atoms with van der Waals surface area (Å²) in [7, 11) is 0. The fraction of sp³-hybridized carbons (Fsp3) is 0.950. The van der Waals surface area contributed by atoms with Crippen LogP contribution in [0.3, 0.4) is 0 Å². The van der Waals surface area contributed by atoms with Gasteiger partial charge in [0.05, 0.1) is 0 Å². The summed E-state index contributed by atoms with van der Waals surface area (Å²) in [6, 6.07) is 0. The molecule has 0 bridgehead atoms. The van der Waals surface area contributed by atoms with Crippen LogP contribution in [-0.2, 0) is 4.79 Å². The number of nitrogens with two attached hydrogens (primary N) is 2. The highest BCUT2D eigenvalue weighted by atomic mass is 16.1. The van der Waals surface area contributed by atoms with E-state index in [9.17, 15) is 4.79 Å². The van der Waals surface area contributed by atoms with Gasteiger partial charge in [-0.25, -0.2) is 0 Å². The lowest BCUT2D eigenvalue weighted by molar-refractivity contribution is -0.122. The molecule has 0 aromatic carbocycles. The first-order valence-corrected chi connectivity index (χ1v) is 10.1. The zero-order valence-corrected chi connectivity index (χ0v) is 15.9. The molecule has 0 radical (unpaired) electrons. The fourth-order valence-electron chi connectivity index (χ4n) is 2.96. The van der Waals surface area contributed by atoms with Crippen LogP contribution in [0.5, 0.6) is 0 Å². The Morgan fingerprint density at radius 2 is 0.957 bits per heavy atom. The number of rotatable bonds is 17. The van der Waals surface area contributed by atoms with Gasteiger partial charge in [0.2, 0.25) is 0 Å². The second kappa shape index (κ2) is 15.1. The Hall–Kier alpha value is -0.410. The third-order valence-corrected chi connectivity index (χ3v) is 4.85. The third-order valence-electron chi connectivity index (χ3n) is 4.85. The molecule has 23 heavy (non-hydrogen) atoms. The largest absolute Gasteiger partial charge is 0.307 e. The number of carbonyl (C=O) groups excluding carboxylic acids is 1. The molecule has 0 aliphatic rings. The Labute approximate surface area is 145 Å². The van der Waals surface area contributed by atoms with Crippen molar-refractivity contribution in [2.75, 3.05) is 0 Å². The van der Waals surface area contributed by atoms with Crippen LogP contribution < -0.4 is 11.5 Å².